The molecule has 1 amide bonds. The Kier molecular flexibility index (Phi) is 4.68. The summed E-state index contributed by atoms with van der Waals surface area (Å²) in [5.74, 6) is -0.125. The predicted molar refractivity (Wildman–Crippen MR) is 103 cm³/mol. The molecule has 27 heavy (non-hydrogen) atoms. The maximum absolute atomic E-state index is 13.1. The first-order chi connectivity index (χ1) is 13.2. The summed E-state index contributed by atoms with van der Waals surface area (Å²) >= 11 is 1.48. The molecule has 136 valence electrons. The molecule has 1 aromatic carbocycles. The zero-order chi connectivity index (χ0) is 18.8. The van der Waals surface area contributed by atoms with Crippen molar-refractivity contribution >= 4 is 28.0 Å². The van der Waals surface area contributed by atoms with Crippen LogP contribution in [0.1, 0.15) is 43.3 Å². The number of fused-ring (bicyclic) bond motifs is 1. The molecule has 1 N–H and O–H groups in total. The van der Waals surface area contributed by atoms with Gasteiger partial charge in [-0.1, -0.05) is 30.3 Å². The molecular formula is C20H17N3O3S. The SMILES string of the molecule is COc1ccc(C(=O)Nc2sc3c(c2C(=O)c2ccccc2)CCC3)nn1. The van der Waals surface area contributed by atoms with Crippen molar-refractivity contribution in [2.75, 3.05) is 12.4 Å². The van der Waals surface area contributed by atoms with Gasteiger partial charge in [0.2, 0.25) is 5.88 Å². The number of nitrogens with zero attached hydrogens (tertiary/aromatic N) is 2. The van der Waals surface area contributed by atoms with Crippen LogP contribution < -0.4 is 10.1 Å². The number of carbonyl (C=O) groups excluding carboxylic acids is 2. The fraction of sp³-hybridized carbons (Fsp3) is 0.200. The Morgan fingerprint density at radius 1 is 1.07 bits per heavy atom. The predicted octanol–water partition coefficient (Wildman–Crippen LogP) is 3.52. The van der Waals surface area contributed by atoms with Crippen molar-refractivity contribution < 1.29 is 14.3 Å². The smallest absolute Gasteiger partial charge is 0.276 e. The Labute approximate surface area is 160 Å². The summed E-state index contributed by atoms with van der Waals surface area (Å²) in [4.78, 5) is 26.9. The van der Waals surface area contributed by atoms with E-state index in [1.807, 2.05) is 18.2 Å². The van der Waals surface area contributed by atoms with Gasteiger partial charge in [-0.3, -0.25) is 9.59 Å². The standard InChI is InChI=1S/C20H17N3O3S/c1-26-16-11-10-14(22-23-16)19(25)21-20-17(13-8-5-9-15(13)27-20)18(24)12-6-3-2-4-7-12/h2-4,6-7,10-11H,5,8-9H2,1H3,(H,21,25). The summed E-state index contributed by atoms with van der Waals surface area (Å²) in [7, 11) is 1.48. The van der Waals surface area contributed by atoms with Crippen molar-refractivity contribution in [2.24, 2.45) is 0 Å². The number of amides is 1. The highest BCUT2D eigenvalue weighted by molar-refractivity contribution is 7.17. The second-order valence-electron chi connectivity index (χ2n) is 6.17. The summed E-state index contributed by atoms with van der Waals surface area (Å²) in [6, 6.07) is 12.3. The monoisotopic (exact) mass is 379 g/mol. The zero-order valence-corrected chi connectivity index (χ0v) is 15.5. The zero-order valence-electron chi connectivity index (χ0n) is 14.7. The molecular weight excluding hydrogens is 362 g/mol. The lowest BCUT2D eigenvalue weighted by molar-refractivity contribution is 0.102. The number of thiophene rings is 1. The number of ketones is 1. The number of benzene rings is 1. The van der Waals surface area contributed by atoms with Gasteiger partial charge < -0.3 is 10.1 Å². The molecule has 0 bridgehead atoms. The largest absolute Gasteiger partial charge is 0.480 e. The van der Waals surface area contributed by atoms with Gasteiger partial charge in [0.15, 0.2) is 11.5 Å². The molecule has 0 unspecified atom stereocenters. The normalized spacial score (nSPS) is 12.5. The molecule has 0 saturated heterocycles. The number of nitrogens with one attached hydrogen (secondary N) is 1. The van der Waals surface area contributed by atoms with Crippen LogP contribution in [0, 0.1) is 0 Å². The van der Waals surface area contributed by atoms with Crippen molar-refractivity contribution in [3.05, 3.63) is 69.7 Å². The number of hydrogen-bond acceptors (Lipinski definition) is 6. The van der Waals surface area contributed by atoms with E-state index in [0.717, 1.165) is 24.8 Å². The lowest BCUT2D eigenvalue weighted by Gasteiger charge is -2.08. The highest BCUT2D eigenvalue weighted by Gasteiger charge is 2.28. The van der Waals surface area contributed by atoms with Crippen LogP contribution in [0.25, 0.3) is 0 Å². The van der Waals surface area contributed by atoms with E-state index >= 15 is 0 Å². The van der Waals surface area contributed by atoms with Crippen molar-refractivity contribution in [3.8, 4) is 5.88 Å². The van der Waals surface area contributed by atoms with Crippen LogP contribution in [0.15, 0.2) is 42.5 Å². The van der Waals surface area contributed by atoms with Crippen LogP contribution in [-0.4, -0.2) is 29.0 Å². The minimum Gasteiger partial charge on any atom is -0.480 e. The van der Waals surface area contributed by atoms with Crippen LogP contribution >= 0.6 is 11.3 Å². The number of carbonyl (C=O) groups is 2. The third-order valence-corrected chi connectivity index (χ3v) is 5.70. The molecule has 0 spiro atoms. The van der Waals surface area contributed by atoms with Crippen molar-refractivity contribution in [3.63, 3.8) is 0 Å². The molecule has 1 aliphatic rings. The minimum atomic E-state index is -0.396. The number of methoxy groups -OCH3 is 1. The molecule has 0 fully saturated rings. The van der Waals surface area contributed by atoms with E-state index < -0.39 is 5.91 Å². The fourth-order valence-electron chi connectivity index (χ4n) is 3.18. The quantitative estimate of drug-likeness (QED) is 0.686. The molecule has 0 atom stereocenters. The van der Waals surface area contributed by atoms with Gasteiger partial charge in [-0.15, -0.1) is 21.5 Å². The highest BCUT2D eigenvalue weighted by Crippen LogP contribution is 2.40. The highest BCUT2D eigenvalue weighted by atomic mass is 32.1. The Balaban J connectivity index is 1.67. The molecule has 2 aromatic heterocycles. The average molecular weight is 379 g/mol. The van der Waals surface area contributed by atoms with E-state index in [1.54, 1.807) is 24.3 Å². The summed E-state index contributed by atoms with van der Waals surface area (Å²) in [5.41, 5.74) is 2.45. The molecule has 0 radical (unpaired) electrons. The number of hydrogen-bond donors (Lipinski definition) is 1. The lowest BCUT2D eigenvalue weighted by Crippen LogP contribution is -2.16. The Hall–Kier alpha value is -3.06. The number of anilines is 1. The first-order valence-electron chi connectivity index (χ1n) is 8.60. The van der Waals surface area contributed by atoms with Gasteiger partial charge in [0.05, 0.1) is 12.7 Å². The van der Waals surface area contributed by atoms with Crippen LogP contribution in [-0.2, 0) is 12.8 Å². The van der Waals surface area contributed by atoms with Crippen molar-refractivity contribution in [1.82, 2.24) is 10.2 Å². The third kappa shape index (κ3) is 3.33. The second kappa shape index (κ2) is 7.28. The summed E-state index contributed by atoms with van der Waals surface area (Å²) in [5, 5.41) is 11.1. The van der Waals surface area contributed by atoms with E-state index in [-0.39, 0.29) is 11.5 Å². The summed E-state index contributed by atoms with van der Waals surface area (Å²) < 4.78 is 4.96. The Bertz CT molecular complexity index is 997. The number of aromatic nitrogens is 2. The Morgan fingerprint density at radius 2 is 1.89 bits per heavy atom. The third-order valence-electron chi connectivity index (χ3n) is 4.49. The summed E-state index contributed by atoms with van der Waals surface area (Å²) in [6.45, 7) is 0. The average Bonchev–Trinajstić information content (AvgIpc) is 3.29. The molecule has 7 heteroatoms. The van der Waals surface area contributed by atoms with Crippen LogP contribution in [0.4, 0.5) is 5.00 Å². The molecule has 6 nitrogen and oxygen atoms in total. The van der Waals surface area contributed by atoms with E-state index in [9.17, 15) is 9.59 Å². The topological polar surface area (TPSA) is 81.2 Å². The first kappa shape index (κ1) is 17.4. The Morgan fingerprint density at radius 3 is 2.59 bits per heavy atom. The number of aryl methyl sites for hydroxylation is 1. The van der Waals surface area contributed by atoms with Gasteiger partial charge in [-0.05, 0) is 30.9 Å². The van der Waals surface area contributed by atoms with E-state index in [2.05, 4.69) is 15.5 Å². The molecule has 0 aliphatic heterocycles. The van der Waals surface area contributed by atoms with Crippen molar-refractivity contribution in [2.45, 2.75) is 19.3 Å². The number of rotatable bonds is 5. The molecule has 1 aliphatic carbocycles. The molecule has 0 saturated carbocycles. The van der Waals surface area contributed by atoms with Gasteiger partial charge in [-0.2, -0.15) is 0 Å². The van der Waals surface area contributed by atoms with E-state index in [4.69, 9.17) is 4.74 Å². The van der Waals surface area contributed by atoms with Crippen LogP contribution in [0.5, 0.6) is 5.88 Å². The lowest BCUT2D eigenvalue weighted by atomic mass is 10.0. The maximum Gasteiger partial charge on any atom is 0.276 e. The van der Waals surface area contributed by atoms with Gasteiger partial charge in [0, 0.05) is 16.5 Å². The van der Waals surface area contributed by atoms with Crippen LogP contribution in [0.2, 0.25) is 0 Å². The molecule has 3 aromatic rings. The van der Waals surface area contributed by atoms with Gasteiger partial charge in [0.25, 0.3) is 5.91 Å². The minimum absolute atomic E-state index is 0.0638. The first-order valence-corrected chi connectivity index (χ1v) is 9.42. The second-order valence-corrected chi connectivity index (χ2v) is 7.28. The van der Waals surface area contributed by atoms with E-state index in [0.29, 0.717) is 22.0 Å². The van der Waals surface area contributed by atoms with E-state index in [1.165, 1.54) is 23.3 Å². The molecule has 2 heterocycles. The summed E-state index contributed by atoms with van der Waals surface area (Å²) in [6.07, 6.45) is 2.83. The number of ether oxygens (including phenoxy) is 1. The van der Waals surface area contributed by atoms with Gasteiger partial charge in [0.1, 0.15) is 5.00 Å². The van der Waals surface area contributed by atoms with Crippen molar-refractivity contribution in [1.29, 1.82) is 0 Å². The van der Waals surface area contributed by atoms with Gasteiger partial charge in [-0.25, -0.2) is 0 Å². The van der Waals surface area contributed by atoms with Gasteiger partial charge >= 0.3 is 0 Å². The molecule has 4 rings (SSSR count). The fourth-order valence-corrected chi connectivity index (χ4v) is 4.47. The van der Waals surface area contributed by atoms with Crippen LogP contribution in [0.3, 0.4) is 0 Å². The maximum atomic E-state index is 13.1.